The first-order chi connectivity index (χ1) is 8.24. The van der Waals surface area contributed by atoms with Crippen molar-refractivity contribution in [1.82, 2.24) is 10.2 Å². The zero-order valence-corrected chi connectivity index (χ0v) is 9.76. The summed E-state index contributed by atoms with van der Waals surface area (Å²) in [5, 5.41) is 15.7. The first-order valence-corrected chi connectivity index (χ1v) is 5.51. The van der Waals surface area contributed by atoms with Gasteiger partial charge in [-0.15, -0.1) is 10.2 Å². The van der Waals surface area contributed by atoms with Crippen LogP contribution in [0.4, 0.5) is 0 Å². The molecule has 0 aliphatic rings. The van der Waals surface area contributed by atoms with Gasteiger partial charge in [0.2, 0.25) is 5.88 Å². The average Bonchev–Trinajstić information content (AvgIpc) is 2.34. The van der Waals surface area contributed by atoms with Crippen molar-refractivity contribution in [2.75, 3.05) is 19.8 Å². The van der Waals surface area contributed by atoms with Gasteiger partial charge in [0.05, 0.1) is 6.61 Å². The molecule has 94 valence electrons. The fourth-order valence-electron chi connectivity index (χ4n) is 1.06. The van der Waals surface area contributed by atoms with Crippen molar-refractivity contribution < 1.29 is 19.4 Å². The van der Waals surface area contributed by atoms with Crippen molar-refractivity contribution in [2.45, 2.75) is 19.8 Å². The van der Waals surface area contributed by atoms with E-state index in [1.165, 1.54) is 12.1 Å². The number of hydrogen-bond acceptors (Lipinski definition) is 5. The van der Waals surface area contributed by atoms with Gasteiger partial charge >= 0.3 is 5.97 Å². The Kier molecular flexibility index (Phi) is 5.95. The van der Waals surface area contributed by atoms with E-state index in [-0.39, 0.29) is 5.69 Å². The van der Waals surface area contributed by atoms with Gasteiger partial charge < -0.3 is 14.6 Å². The SMILES string of the molecule is CCCCOCCOc1ccc(C(=O)O)nn1. The number of nitrogens with zero attached hydrogens (tertiary/aromatic N) is 2. The zero-order valence-electron chi connectivity index (χ0n) is 9.76. The summed E-state index contributed by atoms with van der Waals surface area (Å²) in [6.45, 7) is 3.69. The van der Waals surface area contributed by atoms with Gasteiger partial charge in [0.25, 0.3) is 0 Å². The van der Waals surface area contributed by atoms with Gasteiger partial charge in [0, 0.05) is 12.7 Å². The molecule has 6 nitrogen and oxygen atoms in total. The Labute approximate surface area is 99.6 Å². The Hall–Kier alpha value is -1.69. The van der Waals surface area contributed by atoms with Crippen molar-refractivity contribution in [3.63, 3.8) is 0 Å². The van der Waals surface area contributed by atoms with E-state index in [0.717, 1.165) is 19.4 Å². The van der Waals surface area contributed by atoms with E-state index < -0.39 is 5.97 Å². The Morgan fingerprint density at radius 1 is 1.29 bits per heavy atom. The minimum atomic E-state index is -1.10. The average molecular weight is 240 g/mol. The van der Waals surface area contributed by atoms with E-state index >= 15 is 0 Å². The molecule has 1 aromatic rings. The summed E-state index contributed by atoms with van der Waals surface area (Å²) in [6, 6.07) is 2.82. The van der Waals surface area contributed by atoms with Crippen LogP contribution in [0.3, 0.4) is 0 Å². The second-order valence-corrected chi connectivity index (χ2v) is 3.38. The highest BCUT2D eigenvalue weighted by Crippen LogP contribution is 2.04. The van der Waals surface area contributed by atoms with Gasteiger partial charge in [0.1, 0.15) is 6.61 Å². The molecule has 0 amide bonds. The third kappa shape index (κ3) is 5.26. The summed E-state index contributed by atoms with van der Waals surface area (Å²) in [4.78, 5) is 10.5. The van der Waals surface area contributed by atoms with Gasteiger partial charge in [0.15, 0.2) is 5.69 Å². The summed E-state index contributed by atoms with van der Waals surface area (Å²) in [5.41, 5.74) is -0.100. The van der Waals surface area contributed by atoms with E-state index in [2.05, 4.69) is 17.1 Å². The molecule has 17 heavy (non-hydrogen) atoms. The van der Waals surface area contributed by atoms with E-state index in [1.807, 2.05) is 0 Å². The van der Waals surface area contributed by atoms with Crippen molar-refractivity contribution in [1.29, 1.82) is 0 Å². The van der Waals surface area contributed by atoms with Gasteiger partial charge in [-0.2, -0.15) is 0 Å². The Bertz CT molecular complexity index is 340. The number of unbranched alkanes of at least 4 members (excludes halogenated alkanes) is 1. The van der Waals surface area contributed by atoms with E-state index in [1.54, 1.807) is 0 Å². The minimum absolute atomic E-state index is 0.100. The highest BCUT2D eigenvalue weighted by molar-refractivity contribution is 5.84. The van der Waals surface area contributed by atoms with Crippen LogP contribution in [0.1, 0.15) is 30.3 Å². The third-order valence-electron chi connectivity index (χ3n) is 1.98. The zero-order chi connectivity index (χ0) is 12.5. The number of ether oxygens (including phenoxy) is 2. The van der Waals surface area contributed by atoms with Crippen molar-refractivity contribution in [3.8, 4) is 5.88 Å². The number of rotatable bonds is 8. The summed E-state index contributed by atoms with van der Waals surface area (Å²) in [6.07, 6.45) is 2.14. The maximum Gasteiger partial charge on any atom is 0.356 e. The Balaban J connectivity index is 2.21. The van der Waals surface area contributed by atoms with Gasteiger partial charge in [-0.05, 0) is 12.5 Å². The van der Waals surface area contributed by atoms with Crippen LogP contribution in [-0.2, 0) is 4.74 Å². The fraction of sp³-hybridized carbons (Fsp3) is 0.545. The number of aromatic nitrogens is 2. The van der Waals surface area contributed by atoms with E-state index in [4.69, 9.17) is 14.6 Å². The van der Waals surface area contributed by atoms with Crippen LogP contribution in [0.5, 0.6) is 5.88 Å². The van der Waals surface area contributed by atoms with E-state index in [0.29, 0.717) is 19.1 Å². The highest BCUT2D eigenvalue weighted by atomic mass is 16.5. The van der Waals surface area contributed by atoms with Crippen LogP contribution in [0.25, 0.3) is 0 Å². The maximum absolute atomic E-state index is 10.5. The lowest BCUT2D eigenvalue weighted by molar-refractivity contribution is 0.0688. The predicted molar refractivity (Wildman–Crippen MR) is 60.2 cm³/mol. The molecule has 6 heteroatoms. The Morgan fingerprint density at radius 3 is 2.71 bits per heavy atom. The maximum atomic E-state index is 10.5. The fourth-order valence-corrected chi connectivity index (χ4v) is 1.06. The van der Waals surface area contributed by atoms with Crippen molar-refractivity contribution >= 4 is 5.97 Å². The van der Waals surface area contributed by atoms with Crippen LogP contribution < -0.4 is 4.74 Å². The number of aromatic carboxylic acids is 1. The first-order valence-electron chi connectivity index (χ1n) is 5.51. The molecule has 0 aliphatic carbocycles. The minimum Gasteiger partial charge on any atom is -0.476 e. The molecule has 0 fully saturated rings. The molecule has 1 aromatic heterocycles. The molecule has 0 saturated heterocycles. The molecule has 1 heterocycles. The second-order valence-electron chi connectivity index (χ2n) is 3.38. The lowest BCUT2D eigenvalue weighted by Crippen LogP contribution is -2.09. The summed E-state index contributed by atoms with van der Waals surface area (Å²) in [7, 11) is 0. The summed E-state index contributed by atoms with van der Waals surface area (Å²) in [5.74, 6) is -0.805. The van der Waals surface area contributed by atoms with Crippen LogP contribution >= 0.6 is 0 Å². The largest absolute Gasteiger partial charge is 0.476 e. The third-order valence-corrected chi connectivity index (χ3v) is 1.98. The molecule has 0 spiro atoms. The van der Waals surface area contributed by atoms with Crippen molar-refractivity contribution in [2.24, 2.45) is 0 Å². The highest BCUT2D eigenvalue weighted by Gasteiger charge is 2.05. The normalized spacial score (nSPS) is 10.2. The van der Waals surface area contributed by atoms with Gasteiger partial charge in [-0.25, -0.2) is 4.79 Å². The molecule has 0 radical (unpaired) electrons. The van der Waals surface area contributed by atoms with Crippen LogP contribution in [0, 0.1) is 0 Å². The van der Waals surface area contributed by atoms with E-state index in [9.17, 15) is 4.79 Å². The molecular weight excluding hydrogens is 224 g/mol. The second kappa shape index (κ2) is 7.56. The van der Waals surface area contributed by atoms with Crippen LogP contribution in [0.15, 0.2) is 12.1 Å². The first kappa shape index (κ1) is 13.4. The molecule has 0 aromatic carbocycles. The Morgan fingerprint density at radius 2 is 2.12 bits per heavy atom. The molecule has 0 unspecified atom stereocenters. The van der Waals surface area contributed by atoms with Crippen molar-refractivity contribution in [3.05, 3.63) is 17.8 Å². The number of hydrogen-bond donors (Lipinski definition) is 1. The number of carboxylic acid groups (broad SMARTS) is 1. The summed E-state index contributed by atoms with van der Waals surface area (Å²) >= 11 is 0. The molecule has 0 saturated carbocycles. The molecule has 0 atom stereocenters. The van der Waals surface area contributed by atoms with Crippen LogP contribution in [-0.4, -0.2) is 41.1 Å². The molecule has 0 bridgehead atoms. The number of carbonyl (C=O) groups is 1. The number of carboxylic acids is 1. The molecule has 0 aliphatic heterocycles. The predicted octanol–water partition coefficient (Wildman–Crippen LogP) is 1.37. The van der Waals surface area contributed by atoms with Gasteiger partial charge in [-0.1, -0.05) is 13.3 Å². The van der Waals surface area contributed by atoms with Gasteiger partial charge in [-0.3, -0.25) is 0 Å². The topological polar surface area (TPSA) is 81.5 Å². The van der Waals surface area contributed by atoms with Crippen LogP contribution in [0.2, 0.25) is 0 Å². The quantitative estimate of drug-likeness (QED) is 0.691. The molecule has 1 N–H and O–H groups in total. The lowest BCUT2D eigenvalue weighted by atomic mass is 10.4. The smallest absolute Gasteiger partial charge is 0.356 e. The monoisotopic (exact) mass is 240 g/mol. The molecule has 1 rings (SSSR count). The lowest BCUT2D eigenvalue weighted by Gasteiger charge is -2.05. The molecular formula is C11H16N2O4. The summed E-state index contributed by atoms with van der Waals surface area (Å²) < 4.78 is 10.5. The standard InChI is InChI=1S/C11H16N2O4/c1-2-3-6-16-7-8-17-10-5-4-9(11(14)15)12-13-10/h4-5H,2-3,6-8H2,1H3,(H,14,15).